The number of nitrogens with one attached hydrogen (secondary N) is 1. The number of nitrogens with two attached hydrogens (primary N) is 1. The largest absolute Gasteiger partial charge is 0.494 e. The van der Waals surface area contributed by atoms with Crippen molar-refractivity contribution in [1.29, 1.82) is 0 Å². The van der Waals surface area contributed by atoms with E-state index < -0.39 is 0 Å². The van der Waals surface area contributed by atoms with Crippen molar-refractivity contribution in [3.63, 3.8) is 0 Å². The topological polar surface area (TPSA) is 91.3 Å². The molecule has 0 fully saturated rings. The van der Waals surface area contributed by atoms with E-state index in [1.807, 2.05) is 6.92 Å². The van der Waals surface area contributed by atoms with Crippen LogP contribution in [0.3, 0.4) is 0 Å². The molecule has 112 valence electrons. The number of carbonyl (C=O) groups is 1. The van der Waals surface area contributed by atoms with E-state index in [1.54, 1.807) is 30.6 Å². The molecule has 1 aromatic carbocycles. The molecule has 1 heterocycles. The smallest absolute Gasteiger partial charge is 0.328 e. The summed E-state index contributed by atoms with van der Waals surface area (Å²) in [4.78, 5) is 23.9. The molecule has 1 amide bonds. The molecule has 0 aliphatic carbocycles. The Balaban J connectivity index is 2.11. The van der Waals surface area contributed by atoms with Gasteiger partial charge in [-0.05, 0) is 19.1 Å². The van der Waals surface area contributed by atoms with Crippen molar-refractivity contribution < 1.29 is 9.53 Å². The van der Waals surface area contributed by atoms with E-state index in [1.165, 1.54) is 16.2 Å². The van der Waals surface area contributed by atoms with E-state index >= 15 is 0 Å². The second kappa shape index (κ2) is 6.17. The number of methoxy groups -OCH3 is 1. The van der Waals surface area contributed by atoms with Gasteiger partial charge in [0.1, 0.15) is 12.3 Å². The molecule has 7 heteroatoms. The molecule has 3 N–H and O–H groups in total. The molecule has 0 aliphatic heterocycles. The van der Waals surface area contributed by atoms with Gasteiger partial charge in [0.25, 0.3) is 0 Å². The lowest BCUT2D eigenvalue weighted by molar-refractivity contribution is -0.116. The Morgan fingerprint density at radius 1 is 1.33 bits per heavy atom. The average molecular weight is 290 g/mol. The number of rotatable bonds is 5. The minimum Gasteiger partial charge on any atom is -0.494 e. The molecule has 0 atom stereocenters. The zero-order valence-corrected chi connectivity index (χ0v) is 12.0. The van der Waals surface area contributed by atoms with E-state index in [2.05, 4.69) is 5.32 Å². The third-order valence-corrected chi connectivity index (χ3v) is 3.07. The van der Waals surface area contributed by atoms with Crippen LogP contribution >= 0.6 is 0 Å². The fraction of sp³-hybridized carbons (Fsp3) is 0.286. The molecule has 0 aliphatic rings. The van der Waals surface area contributed by atoms with Crippen molar-refractivity contribution in [2.45, 2.75) is 20.0 Å². The van der Waals surface area contributed by atoms with Gasteiger partial charge in [-0.1, -0.05) is 0 Å². The first-order valence-corrected chi connectivity index (χ1v) is 6.54. The van der Waals surface area contributed by atoms with Gasteiger partial charge in [0, 0.05) is 30.7 Å². The third kappa shape index (κ3) is 3.25. The van der Waals surface area contributed by atoms with Gasteiger partial charge in [0.15, 0.2) is 0 Å². The maximum atomic E-state index is 12.0. The van der Waals surface area contributed by atoms with Gasteiger partial charge in [0.2, 0.25) is 5.91 Å². The van der Waals surface area contributed by atoms with Crippen LogP contribution in [-0.4, -0.2) is 22.2 Å². The Hall–Kier alpha value is -2.70. The Bertz CT molecular complexity index is 702. The van der Waals surface area contributed by atoms with Crippen molar-refractivity contribution in [3.05, 3.63) is 41.1 Å². The van der Waals surface area contributed by atoms with Crippen LogP contribution in [0.1, 0.15) is 6.92 Å². The number of imidazole rings is 1. The highest BCUT2D eigenvalue weighted by Crippen LogP contribution is 2.26. The van der Waals surface area contributed by atoms with Crippen molar-refractivity contribution in [1.82, 2.24) is 9.13 Å². The molecule has 1 aromatic heterocycles. The minimum atomic E-state index is -0.311. The quantitative estimate of drug-likeness (QED) is 0.800. The number of amides is 1. The molecule has 21 heavy (non-hydrogen) atoms. The predicted molar refractivity (Wildman–Crippen MR) is 80.4 cm³/mol. The van der Waals surface area contributed by atoms with Crippen molar-refractivity contribution in [2.75, 3.05) is 18.2 Å². The lowest BCUT2D eigenvalue weighted by Crippen LogP contribution is -2.28. The first kappa shape index (κ1) is 14.7. The Kier molecular flexibility index (Phi) is 4.32. The van der Waals surface area contributed by atoms with E-state index in [9.17, 15) is 9.59 Å². The summed E-state index contributed by atoms with van der Waals surface area (Å²) < 4.78 is 8.03. The molecule has 7 nitrogen and oxygen atoms in total. The lowest BCUT2D eigenvalue weighted by Gasteiger charge is -2.10. The number of anilines is 2. The number of ether oxygens (including phenoxy) is 1. The second-order valence-corrected chi connectivity index (χ2v) is 4.50. The van der Waals surface area contributed by atoms with Gasteiger partial charge < -0.3 is 15.8 Å². The van der Waals surface area contributed by atoms with Gasteiger partial charge in [-0.2, -0.15) is 0 Å². The highest BCUT2D eigenvalue weighted by atomic mass is 16.5. The number of aromatic nitrogens is 2. The van der Waals surface area contributed by atoms with Gasteiger partial charge >= 0.3 is 5.69 Å². The summed E-state index contributed by atoms with van der Waals surface area (Å²) in [6.45, 7) is 2.38. The van der Waals surface area contributed by atoms with E-state index in [-0.39, 0.29) is 18.1 Å². The summed E-state index contributed by atoms with van der Waals surface area (Å²) >= 11 is 0. The fourth-order valence-corrected chi connectivity index (χ4v) is 1.97. The van der Waals surface area contributed by atoms with Crippen molar-refractivity contribution >= 4 is 17.3 Å². The number of nitrogen functional groups attached to an aromatic ring is 1. The summed E-state index contributed by atoms with van der Waals surface area (Å²) in [5.41, 5.74) is 6.50. The number of hydrogen-bond acceptors (Lipinski definition) is 4. The van der Waals surface area contributed by atoms with Crippen LogP contribution in [0.4, 0.5) is 11.4 Å². The first-order chi connectivity index (χ1) is 10.0. The highest BCUT2D eigenvalue weighted by Gasteiger charge is 2.10. The highest BCUT2D eigenvalue weighted by molar-refractivity contribution is 5.92. The molecule has 0 radical (unpaired) electrons. The van der Waals surface area contributed by atoms with Gasteiger partial charge in [0.05, 0.1) is 12.8 Å². The summed E-state index contributed by atoms with van der Waals surface area (Å²) in [5, 5.41) is 2.70. The molecule has 2 aromatic rings. The average Bonchev–Trinajstić information content (AvgIpc) is 2.81. The minimum absolute atomic E-state index is 0.0562. The summed E-state index contributed by atoms with van der Waals surface area (Å²) in [5.74, 6) is 0.163. The monoisotopic (exact) mass is 290 g/mol. The van der Waals surface area contributed by atoms with Crippen LogP contribution in [0.5, 0.6) is 5.75 Å². The SMILES string of the molecule is CCn1ccn(CC(=O)Nc2ccc(N)cc2OC)c1=O. The van der Waals surface area contributed by atoms with Crippen molar-refractivity contribution in [3.8, 4) is 5.75 Å². The van der Waals surface area contributed by atoms with Crippen LogP contribution in [0.15, 0.2) is 35.4 Å². The normalized spacial score (nSPS) is 10.4. The standard InChI is InChI=1S/C14H18N4O3/c1-3-17-6-7-18(14(17)20)9-13(19)16-11-5-4-10(15)8-12(11)21-2/h4-8H,3,9,15H2,1-2H3,(H,16,19). The Morgan fingerprint density at radius 3 is 2.67 bits per heavy atom. The van der Waals surface area contributed by atoms with Gasteiger partial charge in [-0.3, -0.25) is 13.9 Å². The van der Waals surface area contributed by atoms with Crippen LogP contribution in [0, 0.1) is 0 Å². The molecular weight excluding hydrogens is 272 g/mol. The predicted octanol–water partition coefficient (Wildman–Crippen LogP) is 0.899. The molecule has 0 unspecified atom stereocenters. The van der Waals surface area contributed by atoms with E-state index in [0.29, 0.717) is 23.7 Å². The van der Waals surface area contributed by atoms with E-state index in [0.717, 1.165) is 0 Å². The number of benzene rings is 1. The molecule has 0 saturated heterocycles. The van der Waals surface area contributed by atoms with Crippen LogP contribution < -0.4 is 21.5 Å². The summed E-state index contributed by atoms with van der Waals surface area (Å²) in [7, 11) is 1.50. The molecule has 0 spiro atoms. The van der Waals surface area contributed by atoms with E-state index in [4.69, 9.17) is 10.5 Å². The third-order valence-electron chi connectivity index (χ3n) is 3.07. The number of nitrogens with zero attached hydrogens (tertiary/aromatic N) is 2. The summed E-state index contributed by atoms with van der Waals surface area (Å²) in [6.07, 6.45) is 3.24. The summed E-state index contributed by atoms with van der Waals surface area (Å²) in [6, 6.07) is 4.94. The first-order valence-electron chi connectivity index (χ1n) is 6.54. The fourth-order valence-electron chi connectivity index (χ4n) is 1.97. The second-order valence-electron chi connectivity index (χ2n) is 4.50. The Morgan fingerprint density at radius 2 is 2.05 bits per heavy atom. The van der Waals surface area contributed by atoms with Crippen LogP contribution in [0.2, 0.25) is 0 Å². The van der Waals surface area contributed by atoms with Crippen molar-refractivity contribution in [2.24, 2.45) is 0 Å². The zero-order valence-electron chi connectivity index (χ0n) is 12.0. The van der Waals surface area contributed by atoms with Crippen LogP contribution in [0.25, 0.3) is 0 Å². The Labute approximate surface area is 121 Å². The number of hydrogen-bond donors (Lipinski definition) is 2. The van der Waals surface area contributed by atoms with Gasteiger partial charge in [-0.25, -0.2) is 4.79 Å². The zero-order chi connectivity index (χ0) is 15.4. The number of carbonyl (C=O) groups excluding carboxylic acids is 1. The molecule has 0 bridgehead atoms. The molecule has 0 saturated carbocycles. The lowest BCUT2D eigenvalue weighted by atomic mass is 10.2. The number of aryl methyl sites for hydroxylation is 1. The molecular formula is C14H18N4O3. The maximum absolute atomic E-state index is 12.0. The maximum Gasteiger partial charge on any atom is 0.328 e. The van der Waals surface area contributed by atoms with Crippen LogP contribution in [-0.2, 0) is 17.9 Å². The van der Waals surface area contributed by atoms with Gasteiger partial charge in [-0.15, -0.1) is 0 Å². The molecule has 2 rings (SSSR count).